The first-order chi connectivity index (χ1) is 11.3. The molecule has 0 atom stereocenters. The van der Waals surface area contributed by atoms with Gasteiger partial charge in [-0.1, -0.05) is 71.0 Å². The second-order valence-electron chi connectivity index (χ2n) is 7.44. The highest BCUT2D eigenvalue weighted by atomic mass is 16.1. The van der Waals surface area contributed by atoms with Crippen LogP contribution in [-0.2, 0) is 10.2 Å². The molecule has 0 bridgehead atoms. The summed E-state index contributed by atoms with van der Waals surface area (Å²) < 4.78 is 0. The molecular weight excluding hydrogens is 296 g/mol. The van der Waals surface area contributed by atoms with Gasteiger partial charge in [0.1, 0.15) is 0 Å². The van der Waals surface area contributed by atoms with E-state index >= 15 is 0 Å². The molecule has 128 valence electrons. The molecule has 2 N–H and O–H groups in total. The molecule has 0 aliphatic heterocycles. The van der Waals surface area contributed by atoms with E-state index in [0.29, 0.717) is 5.92 Å². The normalized spacial score (nSPS) is 11.4. The Balaban J connectivity index is 2.05. The summed E-state index contributed by atoms with van der Waals surface area (Å²) in [7, 11) is 0. The predicted molar refractivity (Wildman–Crippen MR) is 103 cm³/mol. The van der Waals surface area contributed by atoms with Crippen LogP contribution in [0.1, 0.15) is 51.7 Å². The highest BCUT2D eigenvalue weighted by Crippen LogP contribution is 2.29. The van der Waals surface area contributed by atoms with Crippen molar-refractivity contribution >= 4 is 17.3 Å². The number of nitrogens with one attached hydrogen (secondary N) is 2. The maximum atomic E-state index is 12.3. The van der Waals surface area contributed by atoms with Crippen LogP contribution in [0, 0.1) is 0 Å². The number of para-hydroxylation sites is 2. The number of rotatable bonds is 5. The Morgan fingerprint density at radius 1 is 0.958 bits per heavy atom. The van der Waals surface area contributed by atoms with Crippen molar-refractivity contribution in [1.82, 2.24) is 0 Å². The van der Waals surface area contributed by atoms with Crippen LogP contribution in [0.2, 0.25) is 0 Å². The zero-order valence-electron chi connectivity index (χ0n) is 15.3. The van der Waals surface area contributed by atoms with E-state index < -0.39 is 0 Å². The van der Waals surface area contributed by atoms with Crippen molar-refractivity contribution in [2.45, 2.75) is 46.0 Å². The molecule has 1 amide bonds. The van der Waals surface area contributed by atoms with Gasteiger partial charge in [0.15, 0.2) is 0 Å². The predicted octanol–water partition coefficient (Wildman–Crippen LogP) is 5.16. The molecule has 0 saturated heterocycles. The number of amides is 1. The SMILES string of the molecule is CC(C)c1ccccc1NC(=O)CNc1ccccc1C(C)(C)C. The van der Waals surface area contributed by atoms with Gasteiger partial charge in [-0.05, 0) is 34.6 Å². The van der Waals surface area contributed by atoms with Gasteiger partial charge in [-0.2, -0.15) is 0 Å². The van der Waals surface area contributed by atoms with Crippen LogP contribution < -0.4 is 10.6 Å². The van der Waals surface area contributed by atoms with Gasteiger partial charge in [0.2, 0.25) is 5.91 Å². The van der Waals surface area contributed by atoms with Crippen LogP contribution >= 0.6 is 0 Å². The molecular formula is C21H28N2O. The second-order valence-corrected chi connectivity index (χ2v) is 7.44. The molecule has 0 unspecified atom stereocenters. The maximum Gasteiger partial charge on any atom is 0.243 e. The van der Waals surface area contributed by atoms with E-state index in [2.05, 4.69) is 57.4 Å². The van der Waals surface area contributed by atoms with Crippen molar-refractivity contribution in [1.29, 1.82) is 0 Å². The zero-order chi connectivity index (χ0) is 17.7. The van der Waals surface area contributed by atoms with E-state index in [-0.39, 0.29) is 17.9 Å². The topological polar surface area (TPSA) is 41.1 Å². The van der Waals surface area contributed by atoms with Gasteiger partial charge in [0, 0.05) is 11.4 Å². The lowest BCUT2D eigenvalue weighted by Gasteiger charge is -2.23. The van der Waals surface area contributed by atoms with Gasteiger partial charge in [0.05, 0.1) is 6.54 Å². The lowest BCUT2D eigenvalue weighted by Crippen LogP contribution is -2.24. The van der Waals surface area contributed by atoms with Crippen LogP contribution in [0.25, 0.3) is 0 Å². The van der Waals surface area contributed by atoms with Gasteiger partial charge in [0.25, 0.3) is 0 Å². The minimum Gasteiger partial charge on any atom is -0.376 e. The van der Waals surface area contributed by atoms with Crippen molar-refractivity contribution in [2.24, 2.45) is 0 Å². The fourth-order valence-electron chi connectivity index (χ4n) is 2.78. The number of carbonyl (C=O) groups excluding carboxylic acids is 1. The fraction of sp³-hybridized carbons (Fsp3) is 0.381. The first-order valence-corrected chi connectivity index (χ1v) is 8.51. The van der Waals surface area contributed by atoms with Crippen LogP contribution in [0.15, 0.2) is 48.5 Å². The molecule has 0 aliphatic rings. The third kappa shape index (κ3) is 4.60. The standard InChI is InChI=1S/C21H28N2O/c1-15(2)16-10-6-8-12-18(16)23-20(24)14-22-19-13-9-7-11-17(19)21(3,4)5/h6-13,15,22H,14H2,1-5H3,(H,23,24). The van der Waals surface area contributed by atoms with E-state index in [4.69, 9.17) is 0 Å². The number of anilines is 2. The molecule has 2 aromatic carbocycles. The van der Waals surface area contributed by atoms with Gasteiger partial charge in [-0.3, -0.25) is 4.79 Å². The lowest BCUT2D eigenvalue weighted by atomic mass is 9.86. The number of benzene rings is 2. The Morgan fingerprint density at radius 2 is 1.54 bits per heavy atom. The highest BCUT2D eigenvalue weighted by molar-refractivity contribution is 5.94. The summed E-state index contributed by atoms with van der Waals surface area (Å²) in [4.78, 5) is 12.3. The van der Waals surface area contributed by atoms with Crippen LogP contribution in [-0.4, -0.2) is 12.5 Å². The van der Waals surface area contributed by atoms with Crippen molar-refractivity contribution in [2.75, 3.05) is 17.2 Å². The molecule has 3 heteroatoms. The van der Waals surface area contributed by atoms with E-state index in [1.807, 2.05) is 36.4 Å². The average Bonchev–Trinajstić information content (AvgIpc) is 2.52. The molecule has 24 heavy (non-hydrogen) atoms. The molecule has 2 rings (SSSR count). The molecule has 0 radical (unpaired) electrons. The summed E-state index contributed by atoms with van der Waals surface area (Å²) in [6, 6.07) is 16.1. The van der Waals surface area contributed by atoms with E-state index in [1.165, 1.54) is 5.56 Å². The van der Waals surface area contributed by atoms with Gasteiger partial charge in [-0.15, -0.1) is 0 Å². The molecule has 0 heterocycles. The largest absolute Gasteiger partial charge is 0.376 e. The Bertz CT molecular complexity index is 699. The van der Waals surface area contributed by atoms with Gasteiger partial charge >= 0.3 is 0 Å². The van der Waals surface area contributed by atoms with E-state index in [9.17, 15) is 4.79 Å². The molecule has 0 spiro atoms. The summed E-state index contributed by atoms with van der Waals surface area (Å²) in [5.41, 5.74) is 4.30. The molecule has 0 aromatic heterocycles. The van der Waals surface area contributed by atoms with E-state index in [1.54, 1.807) is 0 Å². The molecule has 0 aliphatic carbocycles. The van der Waals surface area contributed by atoms with Crippen LogP contribution in [0.5, 0.6) is 0 Å². The van der Waals surface area contributed by atoms with Gasteiger partial charge < -0.3 is 10.6 Å². The third-order valence-corrected chi connectivity index (χ3v) is 4.03. The minimum atomic E-state index is -0.0354. The summed E-state index contributed by atoms with van der Waals surface area (Å²) in [6.45, 7) is 11.0. The first-order valence-electron chi connectivity index (χ1n) is 8.51. The second kappa shape index (κ2) is 7.52. The van der Waals surface area contributed by atoms with Crippen molar-refractivity contribution in [3.8, 4) is 0 Å². The average molecular weight is 324 g/mol. The number of hydrogen-bond donors (Lipinski definition) is 2. The summed E-state index contributed by atoms with van der Waals surface area (Å²) in [6.07, 6.45) is 0. The van der Waals surface area contributed by atoms with Crippen LogP contribution in [0.4, 0.5) is 11.4 Å². The quantitative estimate of drug-likeness (QED) is 0.798. The molecule has 0 fully saturated rings. The highest BCUT2D eigenvalue weighted by Gasteiger charge is 2.17. The molecule has 0 saturated carbocycles. The Hall–Kier alpha value is -2.29. The number of hydrogen-bond acceptors (Lipinski definition) is 2. The first kappa shape index (κ1) is 18.1. The summed E-state index contributed by atoms with van der Waals surface area (Å²) >= 11 is 0. The lowest BCUT2D eigenvalue weighted by molar-refractivity contribution is -0.114. The fourth-order valence-corrected chi connectivity index (χ4v) is 2.78. The smallest absolute Gasteiger partial charge is 0.243 e. The van der Waals surface area contributed by atoms with E-state index in [0.717, 1.165) is 16.9 Å². The van der Waals surface area contributed by atoms with Gasteiger partial charge in [-0.25, -0.2) is 0 Å². The van der Waals surface area contributed by atoms with Crippen LogP contribution in [0.3, 0.4) is 0 Å². The number of carbonyl (C=O) groups is 1. The Labute approximate surface area is 145 Å². The molecule has 3 nitrogen and oxygen atoms in total. The minimum absolute atomic E-state index is 0.0321. The Kier molecular flexibility index (Phi) is 5.66. The molecule has 2 aromatic rings. The monoisotopic (exact) mass is 324 g/mol. The van der Waals surface area contributed by atoms with Crippen molar-refractivity contribution < 1.29 is 4.79 Å². The maximum absolute atomic E-state index is 12.3. The zero-order valence-corrected chi connectivity index (χ0v) is 15.3. The summed E-state index contributed by atoms with van der Waals surface area (Å²) in [5.74, 6) is 0.336. The van der Waals surface area contributed by atoms with Crippen molar-refractivity contribution in [3.05, 3.63) is 59.7 Å². The Morgan fingerprint density at radius 3 is 2.17 bits per heavy atom. The summed E-state index contributed by atoms with van der Waals surface area (Å²) in [5, 5.41) is 6.30. The third-order valence-electron chi connectivity index (χ3n) is 4.03. The van der Waals surface area contributed by atoms with Crippen molar-refractivity contribution in [3.63, 3.8) is 0 Å².